The molecule has 27 heavy (non-hydrogen) atoms. The zero-order chi connectivity index (χ0) is 19.3. The van der Waals surface area contributed by atoms with Crippen LogP contribution in [0.25, 0.3) is 0 Å². The number of rotatable bonds is 7. The van der Waals surface area contributed by atoms with E-state index in [0.717, 1.165) is 17.5 Å². The van der Waals surface area contributed by atoms with Crippen molar-refractivity contribution < 1.29 is 8.42 Å². The van der Waals surface area contributed by atoms with Gasteiger partial charge in [0.1, 0.15) is 4.90 Å². The highest BCUT2D eigenvalue weighted by molar-refractivity contribution is 7.89. The smallest absolute Gasteiger partial charge is 0.245 e. The highest BCUT2D eigenvalue weighted by atomic mass is 35.5. The van der Waals surface area contributed by atoms with E-state index in [9.17, 15) is 8.42 Å². The minimum Gasteiger partial charge on any atom is -0.264 e. The van der Waals surface area contributed by atoms with Gasteiger partial charge in [-0.3, -0.25) is 4.98 Å². The fourth-order valence-corrected chi connectivity index (χ4v) is 4.71. The van der Waals surface area contributed by atoms with E-state index < -0.39 is 10.0 Å². The van der Waals surface area contributed by atoms with Gasteiger partial charge in [0, 0.05) is 25.5 Å². The van der Waals surface area contributed by atoms with Gasteiger partial charge in [-0.25, -0.2) is 8.42 Å². The summed E-state index contributed by atoms with van der Waals surface area (Å²) in [5, 5.41) is 0.218. The molecular formula is C21H21ClN2O2S. The summed E-state index contributed by atoms with van der Waals surface area (Å²) in [6.07, 6.45) is 4.28. The van der Waals surface area contributed by atoms with Crippen LogP contribution < -0.4 is 0 Å². The molecule has 6 heteroatoms. The first kappa shape index (κ1) is 19.5. The molecule has 0 amide bonds. The molecule has 1 aromatic heterocycles. The highest BCUT2D eigenvalue weighted by Gasteiger charge is 2.27. The minimum atomic E-state index is -3.77. The Kier molecular flexibility index (Phi) is 6.26. The van der Waals surface area contributed by atoms with E-state index in [0.29, 0.717) is 0 Å². The number of pyridine rings is 1. The van der Waals surface area contributed by atoms with Gasteiger partial charge in [-0.1, -0.05) is 61.0 Å². The van der Waals surface area contributed by atoms with Crippen LogP contribution in [0.2, 0.25) is 5.02 Å². The maximum Gasteiger partial charge on any atom is 0.245 e. The van der Waals surface area contributed by atoms with E-state index in [1.165, 1.54) is 15.9 Å². The molecule has 140 valence electrons. The van der Waals surface area contributed by atoms with Crippen LogP contribution in [0.3, 0.4) is 0 Å². The largest absolute Gasteiger partial charge is 0.264 e. The van der Waals surface area contributed by atoms with Gasteiger partial charge < -0.3 is 0 Å². The molecule has 0 spiro atoms. The quantitative estimate of drug-likeness (QED) is 0.578. The second-order valence-corrected chi connectivity index (χ2v) is 8.55. The molecule has 0 N–H and O–H groups in total. The number of sulfonamides is 1. The third-order valence-electron chi connectivity index (χ3n) is 4.33. The van der Waals surface area contributed by atoms with Gasteiger partial charge >= 0.3 is 0 Å². The molecule has 0 unspecified atom stereocenters. The monoisotopic (exact) mass is 400 g/mol. The van der Waals surface area contributed by atoms with Crippen LogP contribution in [0.1, 0.15) is 23.6 Å². The number of aryl methyl sites for hydroxylation is 1. The number of hydrogen-bond acceptors (Lipinski definition) is 3. The van der Waals surface area contributed by atoms with Crippen molar-refractivity contribution in [1.29, 1.82) is 0 Å². The van der Waals surface area contributed by atoms with Crippen molar-refractivity contribution >= 4 is 21.6 Å². The molecule has 0 aliphatic heterocycles. The SMILES string of the molecule is CCc1ccc(CN(Cc2cccnc2)S(=O)(=O)c2ccccc2Cl)cc1. The first-order valence-corrected chi connectivity index (χ1v) is 10.5. The van der Waals surface area contributed by atoms with Crippen LogP contribution in [0.5, 0.6) is 0 Å². The zero-order valence-electron chi connectivity index (χ0n) is 15.0. The summed E-state index contributed by atoms with van der Waals surface area (Å²) >= 11 is 6.18. The first-order chi connectivity index (χ1) is 13.0. The van der Waals surface area contributed by atoms with Crippen molar-refractivity contribution in [3.63, 3.8) is 0 Å². The Balaban J connectivity index is 1.97. The second kappa shape index (κ2) is 8.65. The predicted molar refractivity (Wildman–Crippen MR) is 108 cm³/mol. The average Bonchev–Trinajstić information content (AvgIpc) is 2.69. The molecule has 3 rings (SSSR count). The molecule has 0 radical (unpaired) electrons. The van der Waals surface area contributed by atoms with E-state index >= 15 is 0 Å². The van der Waals surface area contributed by atoms with Crippen LogP contribution in [-0.2, 0) is 29.5 Å². The lowest BCUT2D eigenvalue weighted by Crippen LogP contribution is -2.30. The number of halogens is 1. The highest BCUT2D eigenvalue weighted by Crippen LogP contribution is 2.27. The van der Waals surface area contributed by atoms with Gasteiger partial charge in [-0.05, 0) is 41.3 Å². The van der Waals surface area contributed by atoms with E-state index in [2.05, 4.69) is 11.9 Å². The number of hydrogen-bond donors (Lipinski definition) is 0. The Morgan fingerprint density at radius 3 is 2.19 bits per heavy atom. The predicted octanol–water partition coefficient (Wildman–Crippen LogP) is 4.69. The molecule has 3 aromatic rings. The van der Waals surface area contributed by atoms with Gasteiger partial charge in [-0.2, -0.15) is 4.31 Å². The zero-order valence-corrected chi connectivity index (χ0v) is 16.6. The Morgan fingerprint density at radius 2 is 1.56 bits per heavy atom. The molecule has 0 fully saturated rings. The van der Waals surface area contributed by atoms with Crippen LogP contribution in [0.15, 0.2) is 78.0 Å². The van der Waals surface area contributed by atoms with E-state index in [1.807, 2.05) is 30.3 Å². The lowest BCUT2D eigenvalue weighted by Gasteiger charge is -2.23. The van der Waals surface area contributed by atoms with Crippen molar-refractivity contribution in [3.8, 4) is 0 Å². The maximum atomic E-state index is 13.3. The summed E-state index contributed by atoms with van der Waals surface area (Å²) in [5.74, 6) is 0. The molecule has 0 saturated carbocycles. The van der Waals surface area contributed by atoms with Gasteiger partial charge in [0.05, 0.1) is 5.02 Å². The molecule has 1 heterocycles. The molecule has 2 aromatic carbocycles. The van der Waals surface area contributed by atoms with E-state index in [1.54, 1.807) is 36.7 Å². The number of aromatic nitrogens is 1. The standard InChI is InChI=1S/C21H21ClN2O2S/c1-2-17-9-11-18(12-10-17)15-24(16-19-6-5-13-23-14-19)27(25,26)21-8-4-3-7-20(21)22/h3-14H,2,15-16H2,1H3. The molecule has 0 aliphatic carbocycles. The topological polar surface area (TPSA) is 50.3 Å². The summed E-state index contributed by atoms with van der Waals surface area (Å²) in [7, 11) is -3.77. The van der Waals surface area contributed by atoms with Crippen LogP contribution in [0, 0.1) is 0 Å². The molecule has 4 nitrogen and oxygen atoms in total. The average molecular weight is 401 g/mol. The van der Waals surface area contributed by atoms with Crippen molar-refractivity contribution in [1.82, 2.24) is 9.29 Å². The molecule has 0 atom stereocenters. The van der Waals surface area contributed by atoms with Crippen molar-refractivity contribution in [3.05, 3.63) is 94.8 Å². The van der Waals surface area contributed by atoms with Crippen LogP contribution in [0.4, 0.5) is 0 Å². The molecular weight excluding hydrogens is 380 g/mol. The first-order valence-electron chi connectivity index (χ1n) is 8.72. The van der Waals surface area contributed by atoms with Crippen LogP contribution >= 0.6 is 11.6 Å². The van der Waals surface area contributed by atoms with Gasteiger partial charge in [0.15, 0.2) is 0 Å². The lowest BCUT2D eigenvalue weighted by atomic mass is 10.1. The number of benzene rings is 2. The Hall–Kier alpha value is -2.21. The van der Waals surface area contributed by atoms with Gasteiger partial charge in [0.25, 0.3) is 0 Å². The summed E-state index contributed by atoms with van der Waals surface area (Å²) in [5.41, 5.74) is 2.96. The van der Waals surface area contributed by atoms with E-state index in [-0.39, 0.29) is 23.0 Å². The lowest BCUT2D eigenvalue weighted by molar-refractivity contribution is 0.400. The molecule has 0 aliphatic rings. The summed E-state index contributed by atoms with van der Waals surface area (Å²) < 4.78 is 28.0. The molecule has 0 saturated heterocycles. The van der Waals surface area contributed by atoms with Gasteiger partial charge in [-0.15, -0.1) is 0 Å². The third-order valence-corrected chi connectivity index (χ3v) is 6.62. The van der Waals surface area contributed by atoms with E-state index in [4.69, 9.17) is 11.6 Å². The summed E-state index contributed by atoms with van der Waals surface area (Å²) in [4.78, 5) is 4.20. The fourth-order valence-electron chi connectivity index (χ4n) is 2.80. The summed E-state index contributed by atoms with van der Waals surface area (Å²) in [6.45, 7) is 2.56. The van der Waals surface area contributed by atoms with Gasteiger partial charge in [0.2, 0.25) is 10.0 Å². The van der Waals surface area contributed by atoms with Crippen molar-refractivity contribution in [2.24, 2.45) is 0 Å². The molecule has 0 bridgehead atoms. The summed E-state index contributed by atoms with van der Waals surface area (Å²) in [6, 6.07) is 18.2. The van der Waals surface area contributed by atoms with Crippen molar-refractivity contribution in [2.75, 3.05) is 0 Å². The Bertz CT molecular complexity index is 990. The second-order valence-electron chi connectivity index (χ2n) is 6.23. The van der Waals surface area contributed by atoms with Crippen LogP contribution in [-0.4, -0.2) is 17.7 Å². The van der Waals surface area contributed by atoms with Crippen molar-refractivity contribution in [2.45, 2.75) is 31.3 Å². The Labute approximate surface area is 165 Å². The Morgan fingerprint density at radius 1 is 0.889 bits per heavy atom. The fraction of sp³-hybridized carbons (Fsp3) is 0.190. The normalized spacial score (nSPS) is 11.7. The third kappa shape index (κ3) is 4.75. The minimum absolute atomic E-state index is 0.112. The number of nitrogens with zero attached hydrogens (tertiary/aromatic N) is 2. The maximum absolute atomic E-state index is 13.3.